The van der Waals surface area contributed by atoms with Gasteiger partial charge in [-0.3, -0.25) is 0 Å². The molecule has 0 amide bonds. The Kier molecular flexibility index (Phi) is 5.24. The highest BCUT2D eigenvalue weighted by Gasteiger charge is 2.14. The second kappa shape index (κ2) is 6.93. The first-order valence-corrected chi connectivity index (χ1v) is 7.67. The van der Waals surface area contributed by atoms with Crippen molar-refractivity contribution in [1.29, 1.82) is 0 Å². The van der Waals surface area contributed by atoms with E-state index in [9.17, 15) is 0 Å². The van der Waals surface area contributed by atoms with Crippen LogP contribution in [-0.2, 0) is 11.3 Å². The van der Waals surface area contributed by atoms with Crippen LogP contribution < -0.4 is 5.32 Å². The van der Waals surface area contributed by atoms with Crippen molar-refractivity contribution in [2.45, 2.75) is 20.0 Å². The number of ether oxygens (including phenoxy) is 1. The Labute approximate surface area is 124 Å². The Morgan fingerprint density at radius 2 is 2.26 bits per heavy atom. The van der Waals surface area contributed by atoms with Crippen molar-refractivity contribution < 1.29 is 4.74 Å². The molecule has 2 heterocycles. The lowest BCUT2D eigenvalue weighted by molar-refractivity contribution is 0.181. The van der Waals surface area contributed by atoms with E-state index < -0.39 is 0 Å². The van der Waals surface area contributed by atoms with Crippen LogP contribution in [0, 0.1) is 0 Å². The minimum atomic E-state index is 0.432. The summed E-state index contributed by atoms with van der Waals surface area (Å²) in [7, 11) is 1.65. The number of hydrogen-bond donors (Lipinski definition) is 1. The molecule has 19 heavy (non-hydrogen) atoms. The van der Waals surface area contributed by atoms with E-state index in [4.69, 9.17) is 4.74 Å². The Morgan fingerprint density at radius 3 is 2.89 bits per heavy atom. The van der Waals surface area contributed by atoms with Gasteiger partial charge in [0.2, 0.25) is 0 Å². The number of methoxy groups -OCH3 is 1. The molecule has 2 rings (SSSR count). The maximum absolute atomic E-state index is 5.17. The van der Waals surface area contributed by atoms with Crippen LogP contribution in [-0.4, -0.2) is 28.6 Å². The lowest BCUT2D eigenvalue weighted by Crippen LogP contribution is -2.08. The molecule has 0 bridgehead atoms. The third-order valence-corrected chi connectivity index (χ3v) is 3.82. The van der Waals surface area contributed by atoms with Crippen LogP contribution in [0.3, 0.4) is 0 Å². The Balaban J connectivity index is 2.41. The molecule has 0 saturated heterocycles. The van der Waals surface area contributed by atoms with Crippen molar-refractivity contribution in [2.75, 3.05) is 19.0 Å². The van der Waals surface area contributed by atoms with Gasteiger partial charge in [0.15, 0.2) is 5.82 Å². The first-order chi connectivity index (χ1) is 9.26. The third-order valence-electron chi connectivity index (χ3n) is 2.40. The van der Waals surface area contributed by atoms with E-state index in [1.165, 1.54) is 11.3 Å². The highest BCUT2D eigenvalue weighted by molar-refractivity contribution is 9.10. The van der Waals surface area contributed by atoms with Crippen molar-refractivity contribution in [3.05, 3.63) is 21.1 Å². The van der Waals surface area contributed by atoms with Crippen LogP contribution in [0.1, 0.15) is 19.0 Å². The molecule has 0 unspecified atom stereocenters. The predicted molar refractivity (Wildman–Crippen MR) is 80.3 cm³/mol. The van der Waals surface area contributed by atoms with Gasteiger partial charge in [-0.1, -0.05) is 6.92 Å². The molecule has 102 valence electrons. The molecule has 1 N–H and O–H groups in total. The van der Waals surface area contributed by atoms with E-state index in [-0.39, 0.29) is 0 Å². The van der Waals surface area contributed by atoms with Gasteiger partial charge < -0.3 is 10.1 Å². The van der Waals surface area contributed by atoms with Crippen LogP contribution >= 0.6 is 27.3 Å². The normalized spacial score (nSPS) is 10.7. The summed E-state index contributed by atoms with van der Waals surface area (Å²) in [5.41, 5.74) is 3.38. The van der Waals surface area contributed by atoms with E-state index >= 15 is 0 Å². The molecule has 2 aromatic heterocycles. The maximum Gasteiger partial charge on any atom is 0.181 e. The number of nitrogens with one attached hydrogen (secondary N) is 1. The van der Waals surface area contributed by atoms with Gasteiger partial charge in [0.25, 0.3) is 0 Å². The van der Waals surface area contributed by atoms with Gasteiger partial charge in [-0.25, -0.2) is 15.0 Å². The molecule has 7 heteroatoms. The number of nitrogens with zero attached hydrogens (tertiary/aromatic N) is 3. The average Bonchev–Trinajstić information content (AvgIpc) is 2.94. The molecule has 2 aromatic rings. The van der Waals surface area contributed by atoms with Crippen molar-refractivity contribution in [3.63, 3.8) is 0 Å². The standard InChI is InChI=1S/C12H15BrN4OS/c1-3-4-14-12-10(13)8(5-18-2)16-11(17-12)9-6-19-7-15-9/h6-7H,3-5H2,1-2H3,(H,14,16,17). The topological polar surface area (TPSA) is 59.9 Å². The van der Waals surface area contributed by atoms with Crippen molar-refractivity contribution >= 4 is 33.1 Å². The van der Waals surface area contributed by atoms with E-state index in [1.807, 2.05) is 5.38 Å². The van der Waals surface area contributed by atoms with Gasteiger partial charge in [0, 0.05) is 19.0 Å². The second-order valence-electron chi connectivity index (χ2n) is 3.89. The molecular weight excluding hydrogens is 328 g/mol. The highest BCUT2D eigenvalue weighted by Crippen LogP contribution is 2.27. The lowest BCUT2D eigenvalue weighted by Gasteiger charge is -2.11. The zero-order valence-corrected chi connectivity index (χ0v) is 13.2. The van der Waals surface area contributed by atoms with Gasteiger partial charge in [0.1, 0.15) is 11.5 Å². The van der Waals surface area contributed by atoms with Crippen molar-refractivity contribution in [2.24, 2.45) is 0 Å². The smallest absolute Gasteiger partial charge is 0.181 e. The van der Waals surface area contributed by atoms with Crippen LogP contribution in [0.15, 0.2) is 15.4 Å². The third kappa shape index (κ3) is 3.49. The SMILES string of the molecule is CCCNc1nc(-c2cscn2)nc(COC)c1Br. The molecule has 5 nitrogen and oxygen atoms in total. The minimum Gasteiger partial charge on any atom is -0.378 e. The first-order valence-electron chi connectivity index (χ1n) is 5.94. The fourth-order valence-corrected chi connectivity index (χ4v) is 2.49. The van der Waals surface area contributed by atoms with Crippen molar-refractivity contribution in [1.82, 2.24) is 15.0 Å². The zero-order chi connectivity index (χ0) is 13.7. The number of aromatic nitrogens is 3. The molecule has 0 aliphatic carbocycles. The van der Waals surface area contributed by atoms with Crippen LogP contribution in [0.2, 0.25) is 0 Å². The summed E-state index contributed by atoms with van der Waals surface area (Å²) in [6.07, 6.45) is 1.03. The largest absolute Gasteiger partial charge is 0.378 e. The lowest BCUT2D eigenvalue weighted by atomic mass is 10.3. The van der Waals surface area contributed by atoms with Crippen LogP contribution in [0.25, 0.3) is 11.5 Å². The van der Waals surface area contributed by atoms with Crippen molar-refractivity contribution in [3.8, 4) is 11.5 Å². The Morgan fingerprint density at radius 1 is 1.42 bits per heavy atom. The molecule has 0 aliphatic heterocycles. The summed E-state index contributed by atoms with van der Waals surface area (Å²) in [6, 6.07) is 0. The molecule has 0 radical (unpaired) electrons. The van der Waals surface area contributed by atoms with Crippen LogP contribution in [0.5, 0.6) is 0 Å². The van der Waals surface area contributed by atoms with E-state index in [0.717, 1.165) is 34.6 Å². The fourth-order valence-electron chi connectivity index (χ4n) is 1.52. The summed E-state index contributed by atoms with van der Waals surface area (Å²) < 4.78 is 6.02. The van der Waals surface area contributed by atoms with E-state index in [2.05, 4.69) is 43.1 Å². The predicted octanol–water partition coefficient (Wildman–Crippen LogP) is 3.33. The number of halogens is 1. The molecule has 0 fully saturated rings. The number of hydrogen-bond acceptors (Lipinski definition) is 6. The zero-order valence-electron chi connectivity index (χ0n) is 10.8. The molecule has 0 aromatic carbocycles. The number of rotatable bonds is 6. The summed E-state index contributed by atoms with van der Waals surface area (Å²) in [4.78, 5) is 13.3. The summed E-state index contributed by atoms with van der Waals surface area (Å²) >= 11 is 5.05. The number of thiazole rings is 1. The molecule has 0 aliphatic rings. The molecule has 0 saturated carbocycles. The Bertz CT molecular complexity index is 533. The Hall–Kier alpha value is -1.05. The van der Waals surface area contributed by atoms with Gasteiger partial charge >= 0.3 is 0 Å². The first kappa shape index (κ1) is 14.4. The maximum atomic E-state index is 5.17. The summed E-state index contributed by atoms with van der Waals surface area (Å²) in [6.45, 7) is 3.40. The molecule has 0 atom stereocenters. The van der Waals surface area contributed by atoms with Gasteiger partial charge in [-0.15, -0.1) is 11.3 Å². The minimum absolute atomic E-state index is 0.432. The highest BCUT2D eigenvalue weighted by atomic mass is 79.9. The molecular formula is C12H15BrN4OS. The van der Waals surface area contributed by atoms with Crippen LogP contribution in [0.4, 0.5) is 5.82 Å². The average molecular weight is 343 g/mol. The monoisotopic (exact) mass is 342 g/mol. The van der Waals surface area contributed by atoms with Gasteiger partial charge in [-0.05, 0) is 22.4 Å². The van der Waals surface area contributed by atoms with E-state index in [0.29, 0.717) is 12.4 Å². The molecule has 0 spiro atoms. The van der Waals surface area contributed by atoms with Gasteiger partial charge in [-0.2, -0.15) is 0 Å². The second-order valence-corrected chi connectivity index (χ2v) is 5.40. The van der Waals surface area contributed by atoms with E-state index in [1.54, 1.807) is 12.6 Å². The number of anilines is 1. The quantitative estimate of drug-likeness (QED) is 0.872. The summed E-state index contributed by atoms with van der Waals surface area (Å²) in [5.74, 6) is 1.40. The summed E-state index contributed by atoms with van der Waals surface area (Å²) in [5, 5.41) is 5.22. The van der Waals surface area contributed by atoms with Gasteiger partial charge in [0.05, 0.1) is 22.3 Å². The fraction of sp³-hybridized carbons (Fsp3) is 0.417.